The van der Waals surface area contributed by atoms with E-state index in [1.807, 2.05) is 24.3 Å². The van der Waals surface area contributed by atoms with Gasteiger partial charge in [-0.15, -0.1) is 22.7 Å². The average molecular weight is 566 g/mol. The summed E-state index contributed by atoms with van der Waals surface area (Å²) in [5.74, 6) is -0.352. The SMILES string of the molecule is CCc1ccc(-c2c(C#N)c(N)nc3sc(C(=O)Nc4nc(-c5ccc(Cl)cc5Cl)cs4)c(N)c23)cc1. The van der Waals surface area contributed by atoms with E-state index in [-0.39, 0.29) is 21.9 Å². The van der Waals surface area contributed by atoms with Crippen molar-refractivity contribution in [1.82, 2.24) is 9.97 Å². The Morgan fingerprint density at radius 1 is 1.14 bits per heavy atom. The molecule has 0 aliphatic heterocycles. The number of fused-ring (bicyclic) bond motifs is 1. The second-order valence-electron chi connectivity index (χ2n) is 8.05. The maximum absolute atomic E-state index is 13.3. The first-order chi connectivity index (χ1) is 17.8. The van der Waals surface area contributed by atoms with Crippen LogP contribution in [0, 0.1) is 11.3 Å². The van der Waals surface area contributed by atoms with Crippen molar-refractivity contribution < 1.29 is 4.79 Å². The molecule has 0 unspecified atom stereocenters. The molecule has 184 valence electrons. The summed E-state index contributed by atoms with van der Waals surface area (Å²) >= 11 is 14.7. The Labute approximate surface area is 230 Å². The highest BCUT2D eigenvalue weighted by atomic mass is 35.5. The summed E-state index contributed by atoms with van der Waals surface area (Å²) in [6.07, 6.45) is 0.882. The summed E-state index contributed by atoms with van der Waals surface area (Å²) in [6, 6.07) is 15.1. The van der Waals surface area contributed by atoms with Crippen molar-refractivity contribution in [3.8, 4) is 28.5 Å². The van der Waals surface area contributed by atoms with Gasteiger partial charge in [0.25, 0.3) is 5.91 Å². The van der Waals surface area contributed by atoms with E-state index in [2.05, 4.69) is 28.3 Å². The molecule has 0 radical (unpaired) electrons. The minimum absolute atomic E-state index is 0.0854. The zero-order chi connectivity index (χ0) is 26.3. The number of rotatable bonds is 5. The summed E-state index contributed by atoms with van der Waals surface area (Å²) in [4.78, 5) is 22.8. The molecule has 3 heterocycles. The van der Waals surface area contributed by atoms with Gasteiger partial charge < -0.3 is 11.5 Å². The largest absolute Gasteiger partial charge is 0.397 e. The first-order valence-electron chi connectivity index (χ1n) is 11.0. The normalized spacial score (nSPS) is 11.0. The second-order valence-corrected chi connectivity index (χ2v) is 10.8. The van der Waals surface area contributed by atoms with Crippen molar-refractivity contribution in [3.05, 3.63) is 73.9 Å². The molecule has 3 aromatic heterocycles. The van der Waals surface area contributed by atoms with Gasteiger partial charge in [-0.1, -0.05) is 54.4 Å². The molecular weight excluding hydrogens is 547 g/mol. The van der Waals surface area contributed by atoms with Crippen LogP contribution in [0.5, 0.6) is 0 Å². The number of nitriles is 1. The number of carbonyl (C=O) groups excluding carboxylic acids is 1. The average Bonchev–Trinajstić information content (AvgIpc) is 3.47. The van der Waals surface area contributed by atoms with Crippen LogP contribution in [0.1, 0.15) is 27.7 Å². The number of nitrogen functional groups attached to an aromatic ring is 2. The fourth-order valence-corrected chi connectivity index (χ4v) is 6.17. The third-order valence-electron chi connectivity index (χ3n) is 5.81. The Bertz CT molecular complexity index is 1720. The molecule has 0 saturated heterocycles. The highest BCUT2D eigenvalue weighted by Crippen LogP contribution is 2.43. The first-order valence-corrected chi connectivity index (χ1v) is 13.5. The smallest absolute Gasteiger partial charge is 0.269 e. The van der Waals surface area contributed by atoms with Gasteiger partial charge >= 0.3 is 0 Å². The monoisotopic (exact) mass is 564 g/mol. The number of aryl methyl sites for hydroxylation is 1. The van der Waals surface area contributed by atoms with Crippen molar-refractivity contribution in [2.45, 2.75) is 13.3 Å². The maximum atomic E-state index is 13.3. The number of nitrogens with one attached hydrogen (secondary N) is 1. The first kappa shape index (κ1) is 25.0. The number of nitrogens with two attached hydrogens (primary N) is 2. The molecule has 5 rings (SSSR count). The number of hydrogen-bond acceptors (Lipinski definition) is 8. The quantitative estimate of drug-likeness (QED) is 0.206. The molecule has 7 nitrogen and oxygen atoms in total. The molecule has 0 bridgehead atoms. The van der Waals surface area contributed by atoms with Gasteiger partial charge in [0, 0.05) is 26.9 Å². The standard InChI is InChI=1S/C26H18Cl2N6OS2/c1-2-12-3-5-13(6-4-12)19-16(10-29)23(31)33-25-20(19)21(30)22(37-25)24(35)34-26-32-18(11-36-26)15-8-7-14(27)9-17(15)28/h3-9,11H,2,30H2,1H3,(H2,31,33)(H,32,34,35). The molecule has 11 heteroatoms. The number of benzene rings is 2. The molecule has 37 heavy (non-hydrogen) atoms. The molecule has 2 aromatic carbocycles. The zero-order valence-electron chi connectivity index (χ0n) is 19.3. The van der Waals surface area contributed by atoms with Crippen LogP contribution in [0.25, 0.3) is 32.6 Å². The van der Waals surface area contributed by atoms with E-state index < -0.39 is 5.91 Å². The van der Waals surface area contributed by atoms with Crippen molar-refractivity contribution in [2.24, 2.45) is 0 Å². The molecule has 0 atom stereocenters. The summed E-state index contributed by atoms with van der Waals surface area (Å²) in [7, 11) is 0. The lowest BCUT2D eigenvalue weighted by atomic mass is 9.96. The lowest BCUT2D eigenvalue weighted by Gasteiger charge is -2.10. The predicted molar refractivity (Wildman–Crippen MR) is 153 cm³/mol. The van der Waals surface area contributed by atoms with Crippen LogP contribution in [0.15, 0.2) is 47.8 Å². The highest BCUT2D eigenvalue weighted by Gasteiger charge is 2.25. The number of hydrogen-bond donors (Lipinski definition) is 3. The van der Waals surface area contributed by atoms with E-state index in [0.717, 1.165) is 28.9 Å². The predicted octanol–water partition coefficient (Wildman–Crippen LogP) is 7.24. The minimum Gasteiger partial charge on any atom is -0.397 e. The van der Waals surface area contributed by atoms with Crippen LogP contribution < -0.4 is 16.8 Å². The van der Waals surface area contributed by atoms with Crippen LogP contribution in [-0.4, -0.2) is 15.9 Å². The van der Waals surface area contributed by atoms with Crippen molar-refractivity contribution >= 4 is 78.6 Å². The fraction of sp³-hybridized carbons (Fsp3) is 0.0769. The van der Waals surface area contributed by atoms with Gasteiger partial charge in [-0.25, -0.2) is 9.97 Å². The number of aromatic nitrogens is 2. The number of nitrogens with zero attached hydrogens (tertiary/aromatic N) is 3. The molecule has 0 saturated carbocycles. The topological polar surface area (TPSA) is 131 Å². The number of thiophene rings is 1. The molecule has 1 amide bonds. The summed E-state index contributed by atoms with van der Waals surface area (Å²) in [5, 5.41) is 16.3. The van der Waals surface area contributed by atoms with Gasteiger partial charge in [-0.2, -0.15) is 5.26 Å². The van der Waals surface area contributed by atoms with Crippen LogP contribution in [0.3, 0.4) is 0 Å². The van der Waals surface area contributed by atoms with E-state index in [1.165, 1.54) is 11.3 Å². The number of anilines is 3. The van der Waals surface area contributed by atoms with E-state index in [1.54, 1.807) is 23.6 Å². The van der Waals surface area contributed by atoms with Gasteiger partial charge in [0.2, 0.25) is 0 Å². The molecule has 5 N–H and O–H groups in total. The van der Waals surface area contributed by atoms with Crippen LogP contribution in [0.4, 0.5) is 16.6 Å². The molecule has 0 aliphatic rings. The zero-order valence-corrected chi connectivity index (χ0v) is 22.4. The Hall–Kier alpha value is -3.68. The third kappa shape index (κ3) is 4.61. The number of halogens is 2. The molecule has 0 fully saturated rings. The Morgan fingerprint density at radius 3 is 2.57 bits per heavy atom. The van der Waals surface area contributed by atoms with Gasteiger partial charge in [-0.3, -0.25) is 10.1 Å². The highest BCUT2D eigenvalue weighted by molar-refractivity contribution is 7.21. The van der Waals surface area contributed by atoms with Gasteiger partial charge in [0.15, 0.2) is 5.13 Å². The van der Waals surface area contributed by atoms with Gasteiger partial charge in [0.05, 0.1) is 16.4 Å². The van der Waals surface area contributed by atoms with Crippen molar-refractivity contribution in [1.29, 1.82) is 5.26 Å². The summed E-state index contributed by atoms with van der Waals surface area (Å²) in [6.45, 7) is 2.07. The number of thiazole rings is 1. The lowest BCUT2D eigenvalue weighted by molar-refractivity contribution is 0.103. The second kappa shape index (κ2) is 10.00. The van der Waals surface area contributed by atoms with Crippen LogP contribution >= 0.6 is 45.9 Å². The minimum atomic E-state index is -0.437. The summed E-state index contributed by atoms with van der Waals surface area (Å²) < 4.78 is 0. The fourth-order valence-electron chi connectivity index (χ4n) is 3.95. The van der Waals surface area contributed by atoms with E-state index >= 15 is 0 Å². The van der Waals surface area contributed by atoms with Crippen LogP contribution in [0.2, 0.25) is 10.0 Å². The Balaban J connectivity index is 1.54. The maximum Gasteiger partial charge on any atom is 0.269 e. The number of carbonyl (C=O) groups is 1. The third-order valence-corrected chi connectivity index (χ3v) is 8.21. The van der Waals surface area contributed by atoms with E-state index in [9.17, 15) is 10.1 Å². The van der Waals surface area contributed by atoms with Gasteiger partial charge in [-0.05, 0) is 35.7 Å². The number of amides is 1. The molecule has 0 spiro atoms. The van der Waals surface area contributed by atoms with Gasteiger partial charge in [0.1, 0.15) is 27.2 Å². The Morgan fingerprint density at radius 2 is 1.89 bits per heavy atom. The Kier molecular flexibility index (Phi) is 6.75. The number of pyridine rings is 1. The summed E-state index contributed by atoms with van der Waals surface area (Å²) in [5.41, 5.74) is 16.9. The van der Waals surface area contributed by atoms with E-state index in [4.69, 9.17) is 34.7 Å². The molecule has 0 aliphatic carbocycles. The molecule has 5 aromatic rings. The van der Waals surface area contributed by atoms with E-state index in [0.29, 0.717) is 42.2 Å². The van der Waals surface area contributed by atoms with Crippen molar-refractivity contribution in [2.75, 3.05) is 16.8 Å². The van der Waals surface area contributed by atoms with Crippen molar-refractivity contribution in [3.63, 3.8) is 0 Å². The van der Waals surface area contributed by atoms with Crippen LogP contribution in [-0.2, 0) is 6.42 Å². The lowest BCUT2D eigenvalue weighted by Crippen LogP contribution is -2.11. The molecular formula is C26H18Cl2N6OS2.